The number of sulfonamides is 1. The number of halogens is 1. The highest BCUT2D eigenvalue weighted by Crippen LogP contribution is 2.13. The molecule has 112 valence electrons. The predicted octanol–water partition coefficient (Wildman–Crippen LogP) is 2.27. The largest absolute Gasteiger partial charge is 0.330 e. The zero-order valence-corrected chi connectivity index (χ0v) is 14.4. The van der Waals surface area contributed by atoms with Crippen LogP contribution in [0.5, 0.6) is 0 Å². The van der Waals surface area contributed by atoms with Crippen molar-refractivity contribution in [3.05, 3.63) is 63.2 Å². The molecule has 0 fully saturated rings. The summed E-state index contributed by atoms with van der Waals surface area (Å²) in [4.78, 5) is 0.280. The Bertz CT molecular complexity index is 683. The summed E-state index contributed by atoms with van der Waals surface area (Å²) < 4.78 is 27.9. The molecule has 2 aromatic carbocycles. The molecular weight excluding hydrogens is 399 g/mol. The number of rotatable bonds is 6. The molecule has 0 heterocycles. The van der Waals surface area contributed by atoms with Crippen molar-refractivity contribution in [1.82, 2.24) is 4.72 Å². The van der Waals surface area contributed by atoms with Crippen molar-refractivity contribution in [3.63, 3.8) is 0 Å². The Morgan fingerprint density at radius 2 is 1.52 bits per heavy atom. The van der Waals surface area contributed by atoms with Gasteiger partial charge in [-0.25, -0.2) is 13.1 Å². The Balaban J connectivity index is 2.02. The molecule has 0 bridgehead atoms. The standard InChI is InChI=1S/C15H17IN2O2S/c16-14-5-7-15(8-6-14)21(19,20)18-11-13-3-1-12(2-4-13)9-10-17/h1-8,18H,9-11,17H2. The third-order valence-electron chi connectivity index (χ3n) is 3.05. The quantitative estimate of drug-likeness (QED) is 0.710. The lowest BCUT2D eigenvalue weighted by Gasteiger charge is -2.08. The van der Waals surface area contributed by atoms with Crippen LogP contribution < -0.4 is 10.5 Å². The second-order valence-electron chi connectivity index (χ2n) is 4.63. The van der Waals surface area contributed by atoms with Gasteiger partial charge in [0.15, 0.2) is 0 Å². The Morgan fingerprint density at radius 3 is 2.10 bits per heavy atom. The van der Waals surface area contributed by atoms with Crippen molar-refractivity contribution in [2.24, 2.45) is 5.73 Å². The van der Waals surface area contributed by atoms with Crippen LogP contribution in [-0.4, -0.2) is 15.0 Å². The highest BCUT2D eigenvalue weighted by Gasteiger charge is 2.13. The van der Waals surface area contributed by atoms with Gasteiger partial charge in [0.2, 0.25) is 10.0 Å². The fourth-order valence-corrected chi connectivity index (χ4v) is 3.24. The number of benzene rings is 2. The van der Waals surface area contributed by atoms with Crippen LogP contribution in [0, 0.1) is 3.57 Å². The van der Waals surface area contributed by atoms with Crippen molar-refractivity contribution in [3.8, 4) is 0 Å². The van der Waals surface area contributed by atoms with E-state index in [1.165, 1.54) is 0 Å². The molecule has 0 aliphatic heterocycles. The molecular formula is C15H17IN2O2S. The molecule has 0 saturated heterocycles. The van der Waals surface area contributed by atoms with E-state index in [4.69, 9.17) is 5.73 Å². The molecule has 2 aromatic rings. The number of nitrogens with one attached hydrogen (secondary N) is 1. The van der Waals surface area contributed by atoms with Gasteiger partial charge in [0.05, 0.1) is 4.90 Å². The van der Waals surface area contributed by atoms with Crippen LogP contribution in [0.25, 0.3) is 0 Å². The van der Waals surface area contributed by atoms with E-state index < -0.39 is 10.0 Å². The summed E-state index contributed by atoms with van der Waals surface area (Å²) in [5.74, 6) is 0. The van der Waals surface area contributed by atoms with E-state index in [0.29, 0.717) is 6.54 Å². The summed E-state index contributed by atoms with van der Waals surface area (Å²) in [6, 6.07) is 14.5. The second kappa shape index (κ2) is 7.35. The minimum atomic E-state index is -3.47. The first-order chi connectivity index (χ1) is 10.0. The average Bonchev–Trinajstić information content (AvgIpc) is 2.47. The lowest BCUT2D eigenvalue weighted by molar-refractivity contribution is 0.581. The molecule has 0 atom stereocenters. The van der Waals surface area contributed by atoms with Gasteiger partial charge < -0.3 is 5.73 Å². The van der Waals surface area contributed by atoms with Gasteiger partial charge in [-0.3, -0.25) is 0 Å². The van der Waals surface area contributed by atoms with Gasteiger partial charge in [-0.1, -0.05) is 24.3 Å². The molecule has 0 radical (unpaired) electrons. The molecule has 0 aliphatic rings. The van der Waals surface area contributed by atoms with Crippen molar-refractivity contribution in [2.75, 3.05) is 6.54 Å². The molecule has 0 spiro atoms. The van der Waals surface area contributed by atoms with Gasteiger partial charge in [0.1, 0.15) is 0 Å². The van der Waals surface area contributed by atoms with Crippen LogP contribution in [0.4, 0.5) is 0 Å². The summed E-state index contributed by atoms with van der Waals surface area (Å²) in [5, 5.41) is 0. The molecule has 2 rings (SSSR count). The maximum absolute atomic E-state index is 12.2. The maximum Gasteiger partial charge on any atom is 0.240 e. The van der Waals surface area contributed by atoms with E-state index >= 15 is 0 Å². The zero-order valence-electron chi connectivity index (χ0n) is 11.4. The predicted molar refractivity (Wildman–Crippen MR) is 92.4 cm³/mol. The first-order valence-electron chi connectivity index (χ1n) is 6.54. The monoisotopic (exact) mass is 416 g/mol. The van der Waals surface area contributed by atoms with Gasteiger partial charge in [0.25, 0.3) is 0 Å². The topological polar surface area (TPSA) is 72.2 Å². The van der Waals surface area contributed by atoms with Crippen LogP contribution >= 0.6 is 22.6 Å². The van der Waals surface area contributed by atoms with E-state index in [0.717, 1.165) is 21.1 Å². The molecule has 3 N–H and O–H groups in total. The second-order valence-corrected chi connectivity index (χ2v) is 7.65. The number of nitrogens with two attached hydrogens (primary N) is 1. The third kappa shape index (κ3) is 4.77. The highest BCUT2D eigenvalue weighted by atomic mass is 127. The SMILES string of the molecule is NCCc1ccc(CNS(=O)(=O)c2ccc(I)cc2)cc1. The fourth-order valence-electron chi connectivity index (χ4n) is 1.87. The molecule has 6 heteroatoms. The van der Waals surface area contributed by atoms with Gasteiger partial charge >= 0.3 is 0 Å². The molecule has 0 aromatic heterocycles. The Labute approximate surface area is 138 Å². The van der Waals surface area contributed by atoms with E-state index in [9.17, 15) is 8.42 Å². The molecule has 0 aliphatic carbocycles. The lowest BCUT2D eigenvalue weighted by Crippen LogP contribution is -2.23. The van der Waals surface area contributed by atoms with Crippen LogP contribution in [-0.2, 0) is 23.0 Å². The molecule has 0 unspecified atom stereocenters. The van der Waals surface area contributed by atoms with Crippen LogP contribution in [0.3, 0.4) is 0 Å². The minimum Gasteiger partial charge on any atom is -0.330 e. The number of hydrogen-bond acceptors (Lipinski definition) is 3. The van der Waals surface area contributed by atoms with E-state index in [2.05, 4.69) is 27.3 Å². The van der Waals surface area contributed by atoms with Crippen molar-refractivity contribution in [2.45, 2.75) is 17.9 Å². The fraction of sp³-hybridized carbons (Fsp3) is 0.200. The molecule has 0 amide bonds. The van der Waals surface area contributed by atoms with Crippen molar-refractivity contribution < 1.29 is 8.42 Å². The van der Waals surface area contributed by atoms with Gasteiger partial charge in [-0.05, 0) is 70.9 Å². The van der Waals surface area contributed by atoms with E-state index in [-0.39, 0.29) is 11.4 Å². The Morgan fingerprint density at radius 1 is 0.952 bits per heavy atom. The maximum atomic E-state index is 12.2. The van der Waals surface area contributed by atoms with Crippen molar-refractivity contribution in [1.29, 1.82) is 0 Å². The van der Waals surface area contributed by atoms with Gasteiger partial charge in [-0.2, -0.15) is 0 Å². The summed E-state index contributed by atoms with van der Waals surface area (Å²) in [6.45, 7) is 0.885. The summed E-state index contributed by atoms with van der Waals surface area (Å²) in [5.41, 5.74) is 7.57. The smallest absolute Gasteiger partial charge is 0.240 e. The first kappa shape index (κ1) is 16.4. The third-order valence-corrected chi connectivity index (χ3v) is 5.18. The zero-order chi connectivity index (χ0) is 15.3. The average molecular weight is 416 g/mol. The Hall–Kier alpha value is -0.960. The van der Waals surface area contributed by atoms with Gasteiger partial charge in [0, 0.05) is 10.1 Å². The minimum absolute atomic E-state index is 0.275. The summed E-state index contributed by atoms with van der Waals surface area (Å²) >= 11 is 2.14. The summed E-state index contributed by atoms with van der Waals surface area (Å²) in [7, 11) is -3.47. The van der Waals surface area contributed by atoms with E-state index in [1.54, 1.807) is 24.3 Å². The highest BCUT2D eigenvalue weighted by molar-refractivity contribution is 14.1. The van der Waals surface area contributed by atoms with Gasteiger partial charge in [-0.15, -0.1) is 0 Å². The number of hydrogen-bond donors (Lipinski definition) is 2. The van der Waals surface area contributed by atoms with E-state index in [1.807, 2.05) is 24.3 Å². The van der Waals surface area contributed by atoms with Crippen molar-refractivity contribution >= 4 is 32.6 Å². The lowest BCUT2D eigenvalue weighted by atomic mass is 10.1. The molecule has 21 heavy (non-hydrogen) atoms. The first-order valence-corrected chi connectivity index (χ1v) is 9.10. The molecule has 0 saturated carbocycles. The van der Waals surface area contributed by atoms with Crippen LogP contribution in [0.2, 0.25) is 0 Å². The van der Waals surface area contributed by atoms with Crippen LogP contribution in [0.1, 0.15) is 11.1 Å². The normalized spacial score (nSPS) is 11.5. The summed E-state index contributed by atoms with van der Waals surface area (Å²) in [6.07, 6.45) is 0.828. The molecule has 4 nitrogen and oxygen atoms in total. The Kier molecular flexibility index (Phi) is 5.74. The van der Waals surface area contributed by atoms with Crippen LogP contribution in [0.15, 0.2) is 53.4 Å².